The topological polar surface area (TPSA) is 14.1 Å². The van der Waals surface area contributed by atoms with Crippen LogP contribution in [0, 0.1) is 13.8 Å². The normalized spacial score (nSPS) is 10.1. The van der Waals surface area contributed by atoms with Crippen molar-refractivity contribution in [2.24, 2.45) is 0 Å². The fourth-order valence-corrected chi connectivity index (χ4v) is 4.88. The zero-order valence-electron chi connectivity index (χ0n) is 20.1. The predicted octanol–water partition coefficient (Wildman–Crippen LogP) is 10.1. The van der Waals surface area contributed by atoms with Crippen LogP contribution in [0.3, 0.4) is 0 Å². The van der Waals surface area contributed by atoms with Gasteiger partial charge in [-0.1, -0.05) is 59.7 Å². The molecule has 2 rings (SSSR count). The molecule has 0 radical (unpaired) electrons. The molecule has 0 aliphatic carbocycles. The van der Waals surface area contributed by atoms with E-state index >= 15 is 0 Å². The second-order valence-corrected chi connectivity index (χ2v) is 10.1. The molecule has 0 amide bonds. The maximum absolute atomic E-state index is 4.64. The number of para-hydroxylation sites is 2. The summed E-state index contributed by atoms with van der Waals surface area (Å²) >= 11 is 0.799. The molecule has 1 nitrogen and oxygen atoms in total. The Morgan fingerprint density at radius 3 is 1.37 bits per heavy atom. The van der Waals surface area contributed by atoms with Gasteiger partial charge in [-0.05, 0) is 13.8 Å². The number of nitrogens with zero attached hydrogens (tertiary/aromatic N) is 1. The second kappa shape index (κ2) is 18.5. The molecule has 0 heterocycles. The Hall–Kier alpha value is -1.23. The number of unbranched alkanes of at least 4 members (excludes halogenated alkanes) is 8. The van der Waals surface area contributed by atoms with Crippen LogP contribution in [0.25, 0.3) is 5.32 Å². The summed E-state index contributed by atoms with van der Waals surface area (Å²) in [6.45, 7) is 8.75. The van der Waals surface area contributed by atoms with Crippen LogP contribution in [0.1, 0.15) is 89.2 Å². The maximum Gasteiger partial charge on any atom is -0.0410 e. The molecular weight excluding hydrogens is 377 g/mol. The molecule has 164 valence electrons. The summed E-state index contributed by atoms with van der Waals surface area (Å²) in [6, 6.07) is 16.4. The summed E-state index contributed by atoms with van der Waals surface area (Å²) in [5, 5.41) is 7.77. The van der Waals surface area contributed by atoms with E-state index < -0.39 is 0 Å². The van der Waals surface area contributed by atoms with Crippen molar-refractivity contribution in [2.45, 2.75) is 102 Å². The molecule has 0 saturated heterocycles. The van der Waals surface area contributed by atoms with Crippen LogP contribution in [-0.4, -0.2) is 15.2 Å². The van der Waals surface area contributed by atoms with Gasteiger partial charge in [-0.15, -0.1) is 11.4 Å². The van der Waals surface area contributed by atoms with E-state index in [2.05, 4.69) is 45.1 Å². The molecule has 2 heteroatoms. The summed E-state index contributed by atoms with van der Waals surface area (Å²) in [5.74, 6) is 0. The predicted molar refractivity (Wildman–Crippen MR) is 138 cm³/mol. The van der Waals surface area contributed by atoms with Crippen molar-refractivity contribution in [1.29, 1.82) is 0 Å². The number of aryl methyl sites for hydroxylation is 2. The van der Waals surface area contributed by atoms with E-state index in [1.54, 1.807) is 10.6 Å². The quantitative estimate of drug-likeness (QED) is 0.213. The van der Waals surface area contributed by atoms with E-state index in [9.17, 15) is 0 Å². The number of rotatable bonds is 14. The molecule has 0 aliphatic rings. The zero-order chi connectivity index (χ0) is 21.9. The Labute approximate surface area is 193 Å². The summed E-state index contributed by atoms with van der Waals surface area (Å²) in [6.07, 6.45) is 14.6. The minimum atomic E-state index is 0.799. The molecule has 2 aromatic carbocycles. The first-order valence-corrected chi connectivity index (χ1v) is 14.0. The zero-order valence-corrected chi connectivity index (χ0v) is 21.3. The molecule has 0 saturated carbocycles. The largest absolute Gasteiger partial charge is 0.657 e. The monoisotopic (exact) mass is 421 g/mol. The average Bonchev–Trinajstić information content (AvgIpc) is 2.76. The van der Waals surface area contributed by atoms with E-state index in [1.165, 1.54) is 75.3 Å². The van der Waals surface area contributed by atoms with Gasteiger partial charge >= 0.3 is 104 Å². The second-order valence-electron chi connectivity index (χ2n) is 8.38. The smallest absolute Gasteiger partial charge is 0.0410 e. The van der Waals surface area contributed by atoms with Crippen LogP contribution < -0.4 is 0 Å². The Kier molecular flexibility index (Phi) is 16.6. The molecule has 0 N–H and O–H groups in total. The minimum absolute atomic E-state index is 0.799. The molecule has 0 fully saturated rings. The Morgan fingerprint density at radius 1 is 0.567 bits per heavy atom. The summed E-state index contributed by atoms with van der Waals surface area (Å²) in [4.78, 5) is 0. The van der Waals surface area contributed by atoms with Gasteiger partial charge in [-0.2, -0.15) is 0 Å². The summed E-state index contributed by atoms with van der Waals surface area (Å²) in [5.41, 5.74) is 4.51. The van der Waals surface area contributed by atoms with E-state index in [0.717, 1.165) is 26.6 Å². The maximum atomic E-state index is 4.64. The molecule has 0 aliphatic heterocycles. The first-order chi connectivity index (χ1) is 14.7. The van der Waals surface area contributed by atoms with Gasteiger partial charge in [0.2, 0.25) is 0 Å². The van der Waals surface area contributed by atoms with Gasteiger partial charge in [0.1, 0.15) is 0 Å². The van der Waals surface area contributed by atoms with Gasteiger partial charge in [0.05, 0.1) is 0 Å². The number of benzene rings is 2. The van der Waals surface area contributed by atoms with Crippen LogP contribution in [0.4, 0.5) is 11.4 Å². The summed E-state index contributed by atoms with van der Waals surface area (Å²) in [7, 11) is 0. The molecule has 0 atom stereocenters. The van der Waals surface area contributed by atoms with Crippen molar-refractivity contribution in [1.82, 2.24) is 0 Å². The van der Waals surface area contributed by atoms with E-state index in [1.807, 2.05) is 36.4 Å². The SMILES string of the molecule is CCCCCC[CH2][Al+][CH2]CCCCCC.Cc1ccccc1[N-]c1ccccc1C. The van der Waals surface area contributed by atoms with Gasteiger partial charge < -0.3 is 5.32 Å². The fourth-order valence-electron chi connectivity index (χ4n) is 3.44. The molecule has 0 spiro atoms. The Bertz CT molecular complexity index is 597. The van der Waals surface area contributed by atoms with Gasteiger partial charge in [-0.25, -0.2) is 0 Å². The fraction of sp³-hybridized carbons (Fsp3) is 0.571. The van der Waals surface area contributed by atoms with Crippen molar-refractivity contribution in [3.63, 3.8) is 0 Å². The summed E-state index contributed by atoms with van der Waals surface area (Å²) < 4.78 is 0. The van der Waals surface area contributed by atoms with Gasteiger partial charge in [-0.3, -0.25) is 0 Å². The van der Waals surface area contributed by atoms with Crippen molar-refractivity contribution in [2.75, 3.05) is 0 Å². The van der Waals surface area contributed by atoms with Crippen LogP contribution in [0.5, 0.6) is 0 Å². The molecular formula is C28H44AlN. The molecule has 30 heavy (non-hydrogen) atoms. The third kappa shape index (κ3) is 13.2. The first kappa shape index (κ1) is 26.8. The van der Waals surface area contributed by atoms with Crippen LogP contribution in [-0.2, 0) is 0 Å². The number of hydrogen-bond donors (Lipinski definition) is 0. The van der Waals surface area contributed by atoms with Crippen molar-refractivity contribution >= 4 is 26.6 Å². The first-order valence-electron chi connectivity index (χ1n) is 12.3. The van der Waals surface area contributed by atoms with E-state index in [4.69, 9.17) is 0 Å². The number of hydrogen-bond acceptors (Lipinski definition) is 0. The third-order valence-electron chi connectivity index (χ3n) is 5.50. The average molecular weight is 422 g/mol. The molecule has 0 bridgehead atoms. The standard InChI is InChI=1S/C14H14N.2C7H15.Al/c1-11-7-3-5-9-13(11)15-14-10-6-4-8-12(14)2;2*1-3-5-7-6-4-2;/h3-10H,1-2H3;2*1,3-7H2,2H3;/q-1;;;+1. The Morgan fingerprint density at radius 2 is 0.967 bits per heavy atom. The van der Waals surface area contributed by atoms with Crippen LogP contribution in [0.15, 0.2) is 48.5 Å². The van der Waals surface area contributed by atoms with Crippen molar-refractivity contribution in [3.05, 3.63) is 65.0 Å². The molecule has 0 aromatic heterocycles. The molecule has 2 aromatic rings. The van der Waals surface area contributed by atoms with Crippen LogP contribution >= 0.6 is 0 Å². The van der Waals surface area contributed by atoms with Gasteiger partial charge in [0, 0.05) is 0 Å². The van der Waals surface area contributed by atoms with E-state index in [-0.39, 0.29) is 0 Å². The minimum Gasteiger partial charge on any atom is -0.657 e. The van der Waals surface area contributed by atoms with E-state index in [0.29, 0.717) is 0 Å². The van der Waals surface area contributed by atoms with Crippen molar-refractivity contribution in [3.8, 4) is 0 Å². The third-order valence-corrected chi connectivity index (χ3v) is 7.13. The van der Waals surface area contributed by atoms with Gasteiger partial charge in [0.15, 0.2) is 0 Å². The van der Waals surface area contributed by atoms with Crippen molar-refractivity contribution < 1.29 is 0 Å². The van der Waals surface area contributed by atoms with Crippen LogP contribution in [0.2, 0.25) is 10.6 Å². The van der Waals surface area contributed by atoms with Gasteiger partial charge in [0.25, 0.3) is 0 Å². The molecule has 0 unspecified atom stereocenters. The Balaban J connectivity index is 0.000000300.